The molecule has 1 heterocycles. The van der Waals surface area contributed by atoms with Gasteiger partial charge < -0.3 is 9.84 Å². The second kappa shape index (κ2) is 6.31. The van der Waals surface area contributed by atoms with Crippen molar-refractivity contribution in [3.8, 4) is 5.75 Å². The summed E-state index contributed by atoms with van der Waals surface area (Å²) in [5.41, 5.74) is 3.14. The highest BCUT2D eigenvalue weighted by atomic mass is 16.5. The average molecular weight is 326 g/mol. The summed E-state index contributed by atoms with van der Waals surface area (Å²) < 4.78 is 7.11. The van der Waals surface area contributed by atoms with Gasteiger partial charge >= 0.3 is 5.97 Å². The normalized spacial score (nSPS) is 16.8. The molecule has 124 valence electrons. The molecule has 1 aromatic heterocycles. The summed E-state index contributed by atoms with van der Waals surface area (Å²) in [4.78, 5) is 23.4. The van der Waals surface area contributed by atoms with Crippen molar-refractivity contribution < 1.29 is 19.4 Å². The summed E-state index contributed by atoms with van der Waals surface area (Å²) in [6, 6.07) is 7.07. The van der Waals surface area contributed by atoms with Crippen LogP contribution < -0.4 is 4.74 Å². The zero-order chi connectivity index (χ0) is 17.3. The van der Waals surface area contributed by atoms with Crippen molar-refractivity contribution in [1.82, 2.24) is 9.78 Å². The van der Waals surface area contributed by atoms with E-state index in [1.165, 1.54) is 6.92 Å². The van der Waals surface area contributed by atoms with Crippen LogP contribution in [0.1, 0.15) is 35.0 Å². The number of aryl methyl sites for hydroxylation is 1. The van der Waals surface area contributed by atoms with E-state index in [0.717, 1.165) is 23.3 Å². The van der Waals surface area contributed by atoms with Crippen LogP contribution in [0.2, 0.25) is 0 Å². The van der Waals surface area contributed by atoms with Gasteiger partial charge in [0.25, 0.3) is 0 Å². The van der Waals surface area contributed by atoms with Crippen LogP contribution in [0.15, 0.2) is 36.0 Å². The lowest BCUT2D eigenvalue weighted by molar-refractivity contribution is -0.144. The number of carboxylic acid groups (broad SMARTS) is 1. The Bertz CT molecular complexity index is 835. The van der Waals surface area contributed by atoms with Gasteiger partial charge in [-0.05, 0) is 43.5 Å². The van der Waals surface area contributed by atoms with Crippen LogP contribution in [0.4, 0.5) is 0 Å². The molecule has 3 rings (SSSR count). The third-order valence-electron chi connectivity index (χ3n) is 4.09. The van der Waals surface area contributed by atoms with Crippen LogP contribution in [0.3, 0.4) is 0 Å². The number of carbonyl (C=O) groups is 2. The van der Waals surface area contributed by atoms with Gasteiger partial charge in [-0.1, -0.05) is 12.1 Å². The van der Waals surface area contributed by atoms with E-state index in [1.807, 2.05) is 19.2 Å². The molecule has 1 atom stereocenters. The van der Waals surface area contributed by atoms with E-state index < -0.39 is 12.1 Å². The van der Waals surface area contributed by atoms with Crippen molar-refractivity contribution in [2.45, 2.75) is 25.9 Å². The standard InChI is InChI=1S/C18H18N2O4/c1-11(18(22)23)24-14-5-3-4-12(9-14)8-13-6-7-16-15(17(13)21)10-19-20(16)2/h3-5,8-11H,6-7H2,1-2H3,(H,22,23). The lowest BCUT2D eigenvalue weighted by Gasteiger charge is -2.15. The van der Waals surface area contributed by atoms with Crippen LogP contribution >= 0.6 is 0 Å². The number of ether oxygens (including phenoxy) is 1. The number of benzene rings is 1. The fourth-order valence-corrected chi connectivity index (χ4v) is 2.76. The van der Waals surface area contributed by atoms with Gasteiger partial charge in [0.15, 0.2) is 11.9 Å². The van der Waals surface area contributed by atoms with Gasteiger partial charge in [0.05, 0.1) is 11.8 Å². The summed E-state index contributed by atoms with van der Waals surface area (Å²) in [6.07, 6.45) is 3.94. The Labute approximate surface area is 139 Å². The first-order valence-corrected chi connectivity index (χ1v) is 7.71. The number of allylic oxidation sites excluding steroid dienone is 1. The van der Waals surface area contributed by atoms with Gasteiger partial charge in [0.1, 0.15) is 5.75 Å². The van der Waals surface area contributed by atoms with E-state index >= 15 is 0 Å². The van der Waals surface area contributed by atoms with E-state index in [-0.39, 0.29) is 5.78 Å². The predicted octanol–water partition coefficient (Wildman–Crippen LogP) is 2.48. The molecule has 6 heteroatoms. The van der Waals surface area contributed by atoms with Crippen molar-refractivity contribution in [2.24, 2.45) is 7.05 Å². The van der Waals surface area contributed by atoms with Crippen LogP contribution in [0.25, 0.3) is 6.08 Å². The average Bonchev–Trinajstić information content (AvgIpc) is 2.92. The van der Waals surface area contributed by atoms with Crippen LogP contribution in [-0.4, -0.2) is 32.7 Å². The molecule has 0 bridgehead atoms. The van der Waals surface area contributed by atoms with Gasteiger partial charge in [-0.25, -0.2) is 4.79 Å². The van der Waals surface area contributed by atoms with Crippen LogP contribution in [0.5, 0.6) is 5.75 Å². The Balaban J connectivity index is 1.84. The van der Waals surface area contributed by atoms with E-state index in [2.05, 4.69) is 5.10 Å². The number of aliphatic carboxylic acids is 1. The van der Waals surface area contributed by atoms with E-state index in [4.69, 9.17) is 9.84 Å². The minimum atomic E-state index is -1.02. The minimum Gasteiger partial charge on any atom is -0.479 e. The number of hydrogen-bond donors (Lipinski definition) is 1. The highest BCUT2D eigenvalue weighted by molar-refractivity contribution is 6.12. The van der Waals surface area contributed by atoms with E-state index in [0.29, 0.717) is 17.7 Å². The lowest BCUT2D eigenvalue weighted by atomic mass is 9.90. The number of aromatic nitrogens is 2. The number of carboxylic acids is 1. The summed E-state index contributed by atoms with van der Waals surface area (Å²) in [6.45, 7) is 1.47. The Morgan fingerprint density at radius 1 is 1.42 bits per heavy atom. The topological polar surface area (TPSA) is 81.4 Å². The largest absolute Gasteiger partial charge is 0.479 e. The van der Waals surface area contributed by atoms with Crippen molar-refractivity contribution in [3.05, 3.63) is 52.9 Å². The zero-order valence-corrected chi connectivity index (χ0v) is 13.5. The molecule has 2 aromatic rings. The van der Waals surface area contributed by atoms with Gasteiger partial charge in [-0.15, -0.1) is 0 Å². The molecular weight excluding hydrogens is 308 g/mol. The predicted molar refractivity (Wildman–Crippen MR) is 88.0 cm³/mol. The summed E-state index contributed by atoms with van der Waals surface area (Å²) in [5, 5.41) is 13.1. The van der Waals surface area contributed by atoms with Gasteiger partial charge in [0.2, 0.25) is 0 Å². The number of nitrogens with zero attached hydrogens (tertiary/aromatic N) is 2. The van der Waals surface area contributed by atoms with Crippen LogP contribution in [-0.2, 0) is 18.3 Å². The Hall–Kier alpha value is -2.89. The lowest BCUT2D eigenvalue weighted by Crippen LogP contribution is -2.22. The second-order valence-corrected chi connectivity index (χ2v) is 5.80. The molecule has 1 aliphatic rings. The maximum Gasteiger partial charge on any atom is 0.344 e. The summed E-state index contributed by atoms with van der Waals surface area (Å²) in [5.74, 6) is -0.565. The number of rotatable bonds is 4. The van der Waals surface area contributed by atoms with Crippen molar-refractivity contribution >= 4 is 17.8 Å². The maximum atomic E-state index is 12.6. The Morgan fingerprint density at radius 2 is 2.21 bits per heavy atom. The smallest absolute Gasteiger partial charge is 0.344 e. The molecule has 0 saturated carbocycles. The Kier molecular flexibility index (Phi) is 4.20. The fourth-order valence-electron chi connectivity index (χ4n) is 2.76. The van der Waals surface area contributed by atoms with Crippen molar-refractivity contribution in [2.75, 3.05) is 0 Å². The van der Waals surface area contributed by atoms with Gasteiger partial charge in [-0.3, -0.25) is 9.48 Å². The molecule has 1 aliphatic carbocycles. The van der Waals surface area contributed by atoms with E-state index in [1.54, 1.807) is 29.1 Å². The molecule has 0 amide bonds. The molecule has 1 N–H and O–H groups in total. The second-order valence-electron chi connectivity index (χ2n) is 5.80. The van der Waals surface area contributed by atoms with Crippen LogP contribution in [0, 0.1) is 0 Å². The molecule has 1 aromatic carbocycles. The quantitative estimate of drug-likeness (QED) is 0.873. The first-order valence-electron chi connectivity index (χ1n) is 7.71. The van der Waals surface area contributed by atoms with Crippen molar-refractivity contribution in [3.63, 3.8) is 0 Å². The highest BCUT2D eigenvalue weighted by Crippen LogP contribution is 2.27. The number of Topliss-reactive ketones (excluding diaryl/α,β-unsaturated/α-hetero) is 1. The van der Waals surface area contributed by atoms with Gasteiger partial charge in [-0.2, -0.15) is 5.10 Å². The highest BCUT2D eigenvalue weighted by Gasteiger charge is 2.24. The Morgan fingerprint density at radius 3 is 2.96 bits per heavy atom. The number of ketones is 1. The molecule has 0 radical (unpaired) electrons. The molecule has 0 spiro atoms. The molecule has 24 heavy (non-hydrogen) atoms. The number of fused-ring (bicyclic) bond motifs is 1. The molecule has 0 fully saturated rings. The third kappa shape index (κ3) is 3.08. The first-order chi connectivity index (χ1) is 11.5. The zero-order valence-electron chi connectivity index (χ0n) is 13.5. The molecular formula is C18H18N2O4. The maximum absolute atomic E-state index is 12.6. The van der Waals surface area contributed by atoms with Crippen molar-refractivity contribution in [1.29, 1.82) is 0 Å². The number of carbonyl (C=O) groups excluding carboxylic acids is 1. The summed E-state index contributed by atoms with van der Waals surface area (Å²) in [7, 11) is 1.84. The van der Waals surface area contributed by atoms with E-state index in [9.17, 15) is 9.59 Å². The SMILES string of the molecule is CC(Oc1cccc(C=C2CCc3c(cnn3C)C2=O)c1)C(=O)O. The molecule has 0 aliphatic heterocycles. The summed E-state index contributed by atoms with van der Waals surface area (Å²) >= 11 is 0. The molecule has 6 nitrogen and oxygen atoms in total. The fraction of sp³-hybridized carbons (Fsp3) is 0.278. The third-order valence-corrected chi connectivity index (χ3v) is 4.09. The molecule has 0 saturated heterocycles. The minimum absolute atomic E-state index is 0.00502. The number of hydrogen-bond acceptors (Lipinski definition) is 4. The molecule has 1 unspecified atom stereocenters. The monoisotopic (exact) mass is 326 g/mol. The van der Waals surface area contributed by atoms with Gasteiger partial charge in [0, 0.05) is 18.3 Å². The first kappa shape index (κ1) is 16.0.